The van der Waals surface area contributed by atoms with E-state index in [-0.39, 0.29) is 6.42 Å². The summed E-state index contributed by atoms with van der Waals surface area (Å²) >= 11 is 0. The first-order valence-corrected chi connectivity index (χ1v) is 5.66. The molecule has 1 aromatic carbocycles. The molecule has 1 saturated carbocycles. The third kappa shape index (κ3) is 2.35. The van der Waals surface area contributed by atoms with E-state index in [1.807, 2.05) is 31.2 Å². The first-order chi connectivity index (χ1) is 7.72. The zero-order valence-electron chi connectivity index (χ0n) is 9.35. The minimum Gasteiger partial charge on any atom is -0.494 e. The van der Waals surface area contributed by atoms with Crippen LogP contribution in [0.2, 0.25) is 0 Å². The molecule has 0 amide bonds. The Kier molecular flexibility index (Phi) is 3.13. The highest BCUT2D eigenvalue weighted by Crippen LogP contribution is 2.52. The Morgan fingerprint density at radius 3 is 2.94 bits per heavy atom. The quantitative estimate of drug-likeness (QED) is 0.829. The number of rotatable bonds is 5. The average molecular weight is 220 g/mol. The van der Waals surface area contributed by atoms with Crippen LogP contribution in [0.4, 0.5) is 0 Å². The van der Waals surface area contributed by atoms with E-state index < -0.39 is 5.97 Å². The van der Waals surface area contributed by atoms with Gasteiger partial charge in [-0.25, -0.2) is 0 Å². The molecule has 0 aliphatic heterocycles. The predicted octanol–water partition coefficient (Wildman–Crippen LogP) is 2.66. The predicted molar refractivity (Wildman–Crippen MR) is 60.7 cm³/mol. The largest absolute Gasteiger partial charge is 0.494 e. The van der Waals surface area contributed by atoms with Gasteiger partial charge in [0, 0.05) is 6.42 Å². The average Bonchev–Trinajstić information content (AvgIpc) is 2.97. The lowest BCUT2D eigenvalue weighted by atomic mass is 10.1. The molecule has 2 atom stereocenters. The smallest absolute Gasteiger partial charge is 0.303 e. The Morgan fingerprint density at radius 2 is 2.25 bits per heavy atom. The first-order valence-electron chi connectivity index (χ1n) is 5.66. The molecule has 1 N–H and O–H groups in total. The molecule has 1 aromatic rings. The Labute approximate surface area is 95.0 Å². The summed E-state index contributed by atoms with van der Waals surface area (Å²) in [5.74, 6) is 0.863. The number of carboxylic acid groups (broad SMARTS) is 1. The summed E-state index contributed by atoms with van der Waals surface area (Å²) in [7, 11) is 0. The van der Waals surface area contributed by atoms with E-state index in [2.05, 4.69) is 0 Å². The Hall–Kier alpha value is -1.51. The molecule has 1 aliphatic carbocycles. The maximum Gasteiger partial charge on any atom is 0.303 e. The van der Waals surface area contributed by atoms with Gasteiger partial charge in [0.15, 0.2) is 0 Å². The molecule has 0 heterocycles. The fourth-order valence-electron chi connectivity index (χ4n) is 2.15. The second-order valence-electron chi connectivity index (χ2n) is 4.17. The summed E-state index contributed by atoms with van der Waals surface area (Å²) in [6.45, 7) is 2.60. The number of para-hydroxylation sites is 1. The molecule has 1 fully saturated rings. The molecule has 3 nitrogen and oxygen atoms in total. The van der Waals surface area contributed by atoms with Gasteiger partial charge >= 0.3 is 5.97 Å². The summed E-state index contributed by atoms with van der Waals surface area (Å²) in [5.41, 5.74) is 1.16. The third-order valence-corrected chi connectivity index (χ3v) is 2.98. The van der Waals surface area contributed by atoms with Gasteiger partial charge < -0.3 is 9.84 Å². The highest BCUT2D eigenvalue weighted by atomic mass is 16.5. The second-order valence-corrected chi connectivity index (χ2v) is 4.17. The second kappa shape index (κ2) is 4.56. The van der Waals surface area contributed by atoms with E-state index in [0.717, 1.165) is 17.7 Å². The number of ether oxygens (including phenoxy) is 1. The molecule has 0 aromatic heterocycles. The molecule has 0 bridgehead atoms. The van der Waals surface area contributed by atoms with Crippen molar-refractivity contribution in [2.75, 3.05) is 6.61 Å². The molecule has 2 rings (SSSR count). The van der Waals surface area contributed by atoms with Crippen LogP contribution in [-0.4, -0.2) is 17.7 Å². The van der Waals surface area contributed by atoms with Crippen molar-refractivity contribution in [1.29, 1.82) is 0 Å². The van der Waals surface area contributed by atoms with Crippen molar-refractivity contribution in [2.45, 2.75) is 25.7 Å². The van der Waals surface area contributed by atoms with Gasteiger partial charge in [0.2, 0.25) is 0 Å². The van der Waals surface area contributed by atoms with E-state index in [9.17, 15) is 4.79 Å². The van der Waals surface area contributed by atoms with Crippen molar-refractivity contribution in [2.24, 2.45) is 5.92 Å². The van der Waals surface area contributed by atoms with Gasteiger partial charge in [-0.2, -0.15) is 0 Å². The SMILES string of the molecule is CCOc1ccccc1C1CC1CC(=O)O. The molecule has 86 valence electrons. The van der Waals surface area contributed by atoms with E-state index in [1.165, 1.54) is 0 Å². The Bertz CT molecular complexity index is 387. The van der Waals surface area contributed by atoms with Gasteiger partial charge in [0.05, 0.1) is 6.61 Å². The molecule has 0 spiro atoms. The van der Waals surface area contributed by atoms with Gasteiger partial charge in [-0.1, -0.05) is 18.2 Å². The number of carboxylic acids is 1. The maximum absolute atomic E-state index is 10.6. The number of hydrogen-bond acceptors (Lipinski definition) is 2. The van der Waals surface area contributed by atoms with Gasteiger partial charge in [-0.15, -0.1) is 0 Å². The van der Waals surface area contributed by atoms with Gasteiger partial charge in [-0.05, 0) is 36.8 Å². The van der Waals surface area contributed by atoms with Crippen LogP contribution in [0.3, 0.4) is 0 Å². The van der Waals surface area contributed by atoms with Crippen LogP contribution in [-0.2, 0) is 4.79 Å². The molecular weight excluding hydrogens is 204 g/mol. The van der Waals surface area contributed by atoms with Crippen LogP contribution in [0, 0.1) is 5.92 Å². The summed E-state index contributed by atoms with van der Waals surface area (Å²) in [6.07, 6.45) is 1.24. The Morgan fingerprint density at radius 1 is 1.50 bits per heavy atom. The number of hydrogen-bond donors (Lipinski definition) is 1. The van der Waals surface area contributed by atoms with Gasteiger partial charge in [0.1, 0.15) is 5.75 Å². The molecule has 0 saturated heterocycles. The van der Waals surface area contributed by atoms with Crippen LogP contribution in [0.1, 0.15) is 31.2 Å². The van der Waals surface area contributed by atoms with Crippen molar-refractivity contribution in [3.8, 4) is 5.75 Å². The Balaban J connectivity index is 2.07. The summed E-state index contributed by atoms with van der Waals surface area (Å²) < 4.78 is 5.54. The summed E-state index contributed by atoms with van der Waals surface area (Å²) in [6, 6.07) is 7.92. The minimum atomic E-state index is -0.707. The normalized spacial score (nSPS) is 22.8. The van der Waals surface area contributed by atoms with E-state index in [0.29, 0.717) is 18.4 Å². The van der Waals surface area contributed by atoms with E-state index in [4.69, 9.17) is 9.84 Å². The number of aliphatic carboxylic acids is 1. The number of benzene rings is 1. The van der Waals surface area contributed by atoms with Crippen molar-refractivity contribution in [3.63, 3.8) is 0 Å². The highest BCUT2D eigenvalue weighted by Gasteiger charge is 2.41. The summed E-state index contributed by atoms with van der Waals surface area (Å²) in [4.78, 5) is 10.6. The number of carbonyl (C=O) groups is 1. The monoisotopic (exact) mass is 220 g/mol. The van der Waals surface area contributed by atoms with Crippen LogP contribution < -0.4 is 4.74 Å². The molecule has 3 heteroatoms. The van der Waals surface area contributed by atoms with Crippen LogP contribution in [0.15, 0.2) is 24.3 Å². The van der Waals surface area contributed by atoms with Crippen LogP contribution in [0.5, 0.6) is 5.75 Å². The van der Waals surface area contributed by atoms with E-state index >= 15 is 0 Å². The van der Waals surface area contributed by atoms with Gasteiger partial charge in [-0.3, -0.25) is 4.79 Å². The molecule has 1 aliphatic rings. The molecule has 16 heavy (non-hydrogen) atoms. The lowest BCUT2D eigenvalue weighted by Crippen LogP contribution is -1.99. The van der Waals surface area contributed by atoms with Crippen molar-refractivity contribution >= 4 is 5.97 Å². The van der Waals surface area contributed by atoms with Crippen LogP contribution >= 0.6 is 0 Å². The van der Waals surface area contributed by atoms with E-state index in [1.54, 1.807) is 0 Å². The lowest BCUT2D eigenvalue weighted by molar-refractivity contribution is -0.137. The standard InChI is InChI=1S/C13H16O3/c1-2-16-12-6-4-3-5-10(12)11-7-9(11)8-13(14)15/h3-6,9,11H,2,7-8H2,1H3,(H,14,15). The molecule has 0 radical (unpaired) electrons. The fraction of sp³-hybridized carbons (Fsp3) is 0.462. The summed E-state index contributed by atoms with van der Waals surface area (Å²) in [5, 5.41) is 8.73. The van der Waals surface area contributed by atoms with Crippen LogP contribution in [0.25, 0.3) is 0 Å². The van der Waals surface area contributed by atoms with Gasteiger partial charge in [0.25, 0.3) is 0 Å². The topological polar surface area (TPSA) is 46.5 Å². The molecule has 2 unspecified atom stereocenters. The fourth-order valence-corrected chi connectivity index (χ4v) is 2.15. The van der Waals surface area contributed by atoms with Crippen molar-refractivity contribution in [3.05, 3.63) is 29.8 Å². The minimum absolute atomic E-state index is 0.269. The zero-order chi connectivity index (χ0) is 11.5. The maximum atomic E-state index is 10.6. The first kappa shape index (κ1) is 11.0. The molecular formula is C13H16O3. The van der Waals surface area contributed by atoms with Crippen molar-refractivity contribution < 1.29 is 14.6 Å². The zero-order valence-corrected chi connectivity index (χ0v) is 9.35. The lowest BCUT2D eigenvalue weighted by Gasteiger charge is -2.09. The third-order valence-electron chi connectivity index (χ3n) is 2.98. The van der Waals surface area contributed by atoms with Crippen molar-refractivity contribution in [1.82, 2.24) is 0 Å². The highest BCUT2D eigenvalue weighted by molar-refractivity contribution is 5.68.